The minimum atomic E-state index is -0.117. The monoisotopic (exact) mass is 400 g/mol. The molecule has 0 spiro atoms. The Morgan fingerprint density at radius 2 is 1.57 bits per heavy atom. The van der Waals surface area contributed by atoms with Gasteiger partial charge < -0.3 is 4.90 Å². The first-order chi connectivity index (χ1) is 14.6. The lowest BCUT2D eigenvalue weighted by Crippen LogP contribution is -2.44. The molecule has 2 aliphatic heterocycles. The summed E-state index contributed by atoms with van der Waals surface area (Å²) < 4.78 is 0. The largest absolute Gasteiger partial charge is 0.336 e. The number of benzene rings is 2. The molecule has 4 heteroatoms. The van der Waals surface area contributed by atoms with Gasteiger partial charge in [0.25, 0.3) is 11.8 Å². The highest BCUT2D eigenvalue weighted by Crippen LogP contribution is 2.40. The molecule has 2 heterocycles. The van der Waals surface area contributed by atoms with E-state index in [1.165, 1.54) is 12.0 Å². The van der Waals surface area contributed by atoms with Gasteiger partial charge in [0.2, 0.25) is 0 Å². The molecule has 0 atom stereocenters. The van der Waals surface area contributed by atoms with E-state index in [1.54, 1.807) is 4.90 Å². The maximum absolute atomic E-state index is 13.8. The van der Waals surface area contributed by atoms with Crippen LogP contribution in [0.15, 0.2) is 54.2 Å². The van der Waals surface area contributed by atoms with Crippen LogP contribution in [-0.4, -0.2) is 29.3 Å². The highest BCUT2D eigenvalue weighted by atomic mass is 16.2. The molecule has 3 aliphatic rings. The van der Waals surface area contributed by atoms with Crippen LogP contribution >= 0.6 is 0 Å². The Kier molecular flexibility index (Phi) is 4.93. The van der Waals surface area contributed by atoms with Crippen LogP contribution in [0.4, 0.5) is 5.69 Å². The number of anilines is 1. The van der Waals surface area contributed by atoms with Gasteiger partial charge in [-0.15, -0.1) is 0 Å². The van der Waals surface area contributed by atoms with Crippen molar-refractivity contribution in [1.29, 1.82) is 0 Å². The van der Waals surface area contributed by atoms with E-state index in [0.29, 0.717) is 11.3 Å². The summed E-state index contributed by atoms with van der Waals surface area (Å²) in [6.07, 6.45) is 7.19. The summed E-state index contributed by atoms with van der Waals surface area (Å²) >= 11 is 0. The Morgan fingerprint density at radius 1 is 0.833 bits per heavy atom. The number of hydrogen-bond acceptors (Lipinski definition) is 3. The van der Waals surface area contributed by atoms with Gasteiger partial charge in [0, 0.05) is 18.3 Å². The van der Waals surface area contributed by atoms with Crippen LogP contribution in [0.2, 0.25) is 0 Å². The zero-order valence-electron chi connectivity index (χ0n) is 17.6. The molecule has 154 valence electrons. The summed E-state index contributed by atoms with van der Waals surface area (Å²) in [7, 11) is 0. The first-order valence-corrected chi connectivity index (χ1v) is 11.2. The summed E-state index contributed by atoms with van der Waals surface area (Å²) in [6, 6.07) is 16.3. The number of amides is 2. The standard InChI is InChI=1S/C26H28N2O2/c1-18-13-15-20(16-14-18)23-24(27-17-7-9-19-8-5-6-12-22(19)27)26(30)28(25(23)29)21-10-3-2-4-11-21/h5-6,8,12-16,21H,2-4,7,9-11,17H2,1H3. The van der Waals surface area contributed by atoms with Crippen LogP contribution < -0.4 is 4.90 Å². The predicted molar refractivity (Wildman–Crippen MR) is 119 cm³/mol. The smallest absolute Gasteiger partial charge is 0.278 e. The fourth-order valence-electron chi connectivity index (χ4n) is 5.20. The second kappa shape index (κ2) is 7.75. The number of nitrogens with zero attached hydrogens (tertiary/aromatic N) is 2. The molecule has 5 rings (SSSR count). The third kappa shape index (κ3) is 3.15. The highest BCUT2D eigenvalue weighted by Gasteiger charge is 2.45. The van der Waals surface area contributed by atoms with Crippen molar-refractivity contribution >= 4 is 23.1 Å². The summed E-state index contributed by atoms with van der Waals surface area (Å²) in [6.45, 7) is 2.80. The third-order valence-corrected chi connectivity index (χ3v) is 6.75. The number of rotatable bonds is 3. The molecule has 1 saturated carbocycles. The fraction of sp³-hybridized carbons (Fsp3) is 0.385. The number of carbonyl (C=O) groups is 2. The van der Waals surface area contributed by atoms with Crippen molar-refractivity contribution in [2.45, 2.75) is 57.9 Å². The van der Waals surface area contributed by atoms with Gasteiger partial charge in [0.05, 0.1) is 5.57 Å². The lowest BCUT2D eigenvalue weighted by Gasteiger charge is -2.33. The van der Waals surface area contributed by atoms with Crippen LogP contribution in [0.1, 0.15) is 55.2 Å². The molecule has 0 saturated heterocycles. The van der Waals surface area contributed by atoms with Crippen molar-refractivity contribution in [1.82, 2.24) is 4.90 Å². The first kappa shape index (κ1) is 19.1. The van der Waals surface area contributed by atoms with E-state index in [1.807, 2.05) is 43.3 Å². The van der Waals surface area contributed by atoms with Crippen LogP contribution in [0.25, 0.3) is 5.57 Å². The van der Waals surface area contributed by atoms with E-state index in [0.717, 1.165) is 61.9 Å². The molecule has 0 N–H and O–H groups in total. The van der Waals surface area contributed by atoms with Crippen molar-refractivity contribution in [3.8, 4) is 0 Å². The van der Waals surface area contributed by atoms with Crippen LogP contribution in [-0.2, 0) is 16.0 Å². The van der Waals surface area contributed by atoms with Crippen LogP contribution in [0, 0.1) is 6.92 Å². The number of aryl methyl sites for hydroxylation is 2. The van der Waals surface area contributed by atoms with E-state index in [4.69, 9.17) is 0 Å². The quantitative estimate of drug-likeness (QED) is 0.691. The zero-order chi connectivity index (χ0) is 20.7. The van der Waals surface area contributed by atoms with Gasteiger partial charge in [-0.2, -0.15) is 0 Å². The number of hydrogen-bond donors (Lipinski definition) is 0. The Balaban J connectivity index is 1.64. The van der Waals surface area contributed by atoms with E-state index < -0.39 is 0 Å². The number of carbonyl (C=O) groups excluding carboxylic acids is 2. The van der Waals surface area contributed by atoms with Crippen molar-refractivity contribution in [3.63, 3.8) is 0 Å². The average Bonchev–Trinajstić information content (AvgIpc) is 3.04. The second-order valence-electron chi connectivity index (χ2n) is 8.75. The molecule has 4 nitrogen and oxygen atoms in total. The summed E-state index contributed by atoms with van der Waals surface area (Å²) in [5.74, 6) is -0.229. The normalized spacial score (nSPS) is 20.2. The third-order valence-electron chi connectivity index (χ3n) is 6.75. The molecule has 0 bridgehead atoms. The lowest BCUT2D eigenvalue weighted by molar-refractivity contribution is -0.140. The molecule has 0 radical (unpaired) electrons. The van der Waals surface area contributed by atoms with Crippen molar-refractivity contribution in [2.75, 3.05) is 11.4 Å². The average molecular weight is 401 g/mol. The summed E-state index contributed by atoms with van der Waals surface area (Å²) in [4.78, 5) is 31.2. The van der Waals surface area contributed by atoms with E-state index in [2.05, 4.69) is 17.0 Å². The van der Waals surface area contributed by atoms with Gasteiger partial charge >= 0.3 is 0 Å². The minimum Gasteiger partial charge on any atom is -0.336 e. The van der Waals surface area contributed by atoms with Crippen molar-refractivity contribution < 1.29 is 9.59 Å². The van der Waals surface area contributed by atoms with Gasteiger partial charge in [-0.05, 0) is 49.8 Å². The van der Waals surface area contributed by atoms with Crippen molar-refractivity contribution in [3.05, 3.63) is 70.9 Å². The Labute approximate surface area is 178 Å². The molecule has 2 amide bonds. The van der Waals surface area contributed by atoms with E-state index in [9.17, 15) is 9.59 Å². The molecule has 1 aliphatic carbocycles. The van der Waals surface area contributed by atoms with Crippen molar-refractivity contribution in [2.24, 2.45) is 0 Å². The Bertz CT molecular complexity index is 1020. The molecule has 0 aromatic heterocycles. The van der Waals surface area contributed by atoms with Gasteiger partial charge in [0.1, 0.15) is 5.70 Å². The summed E-state index contributed by atoms with van der Waals surface area (Å²) in [5, 5.41) is 0. The molecule has 0 unspecified atom stereocenters. The topological polar surface area (TPSA) is 40.6 Å². The zero-order valence-corrected chi connectivity index (χ0v) is 17.6. The van der Waals surface area contributed by atoms with Gasteiger partial charge in [-0.1, -0.05) is 67.3 Å². The van der Waals surface area contributed by atoms with Gasteiger partial charge in [-0.3, -0.25) is 14.5 Å². The first-order valence-electron chi connectivity index (χ1n) is 11.2. The molecular weight excluding hydrogens is 372 g/mol. The van der Waals surface area contributed by atoms with Crippen LogP contribution in [0.3, 0.4) is 0 Å². The molecular formula is C26H28N2O2. The maximum Gasteiger partial charge on any atom is 0.278 e. The predicted octanol–water partition coefficient (Wildman–Crippen LogP) is 4.86. The highest BCUT2D eigenvalue weighted by molar-refractivity contribution is 6.37. The number of para-hydroxylation sites is 1. The Hall–Kier alpha value is -2.88. The number of fused-ring (bicyclic) bond motifs is 1. The van der Waals surface area contributed by atoms with Gasteiger partial charge in [0.15, 0.2) is 0 Å². The summed E-state index contributed by atoms with van der Waals surface area (Å²) in [5.41, 5.74) is 5.44. The Morgan fingerprint density at radius 3 is 2.33 bits per heavy atom. The molecule has 30 heavy (non-hydrogen) atoms. The number of imide groups is 1. The second-order valence-corrected chi connectivity index (χ2v) is 8.75. The molecule has 2 aromatic carbocycles. The molecule has 1 fully saturated rings. The van der Waals surface area contributed by atoms with Gasteiger partial charge in [-0.25, -0.2) is 0 Å². The fourth-order valence-corrected chi connectivity index (χ4v) is 5.20. The molecule has 2 aromatic rings. The van der Waals surface area contributed by atoms with Crippen LogP contribution in [0.5, 0.6) is 0 Å². The maximum atomic E-state index is 13.8. The van der Waals surface area contributed by atoms with E-state index in [-0.39, 0.29) is 17.9 Å². The van der Waals surface area contributed by atoms with E-state index >= 15 is 0 Å². The minimum absolute atomic E-state index is 0.0248. The SMILES string of the molecule is Cc1ccc(C2=C(N3CCCc4ccccc43)C(=O)N(C3CCCCC3)C2=O)cc1. The lowest BCUT2D eigenvalue weighted by atomic mass is 9.94.